The molecule has 16 heavy (non-hydrogen) atoms. The highest BCUT2D eigenvalue weighted by Gasteiger charge is 2.23. The van der Waals surface area contributed by atoms with E-state index in [1.54, 1.807) is 0 Å². The van der Waals surface area contributed by atoms with Gasteiger partial charge in [0.15, 0.2) is 0 Å². The Labute approximate surface area is 99.0 Å². The van der Waals surface area contributed by atoms with Crippen LogP contribution in [0.4, 0.5) is 11.4 Å². The van der Waals surface area contributed by atoms with Crippen LogP contribution in [0.15, 0.2) is 12.1 Å². The van der Waals surface area contributed by atoms with Crippen molar-refractivity contribution in [2.75, 3.05) is 11.5 Å². The predicted molar refractivity (Wildman–Crippen MR) is 72.7 cm³/mol. The van der Waals surface area contributed by atoms with Gasteiger partial charge in [-0.1, -0.05) is 41.5 Å². The minimum atomic E-state index is -0.00934. The molecule has 0 amide bonds. The van der Waals surface area contributed by atoms with E-state index < -0.39 is 0 Å². The van der Waals surface area contributed by atoms with E-state index in [-0.39, 0.29) is 10.8 Å². The van der Waals surface area contributed by atoms with Gasteiger partial charge in [0.1, 0.15) is 0 Å². The Morgan fingerprint density at radius 1 is 0.750 bits per heavy atom. The van der Waals surface area contributed by atoms with Gasteiger partial charge in [0.25, 0.3) is 0 Å². The molecule has 0 atom stereocenters. The first-order chi connectivity index (χ1) is 7.03. The van der Waals surface area contributed by atoms with Crippen LogP contribution in [0.1, 0.15) is 52.7 Å². The molecule has 0 heterocycles. The molecule has 0 fully saturated rings. The first kappa shape index (κ1) is 12.9. The number of rotatable bonds is 0. The molecule has 2 nitrogen and oxygen atoms in total. The first-order valence-corrected chi connectivity index (χ1v) is 5.73. The zero-order valence-electron chi connectivity index (χ0n) is 11.3. The van der Waals surface area contributed by atoms with E-state index in [9.17, 15) is 0 Å². The highest BCUT2D eigenvalue weighted by atomic mass is 14.6. The van der Waals surface area contributed by atoms with Crippen molar-refractivity contribution in [1.82, 2.24) is 0 Å². The molecule has 1 rings (SSSR count). The Kier molecular flexibility index (Phi) is 2.97. The van der Waals surface area contributed by atoms with Crippen LogP contribution in [0.2, 0.25) is 0 Å². The second-order valence-corrected chi connectivity index (χ2v) is 6.53. The molecule has 0 saturated heterocycles. The van der Waals surface area contributed by atoms with E-state index in [0.717, 1.165) is 16.9 Å². The van der Waals surface area contributed by atoms with E-state index in [1.807, 2.05) is 0 Å². The van der Waals surface area contributed by atoms with Gasteiger partial charge >= 0.3 is 0 Å². The normalized spacial score (nSPS) is 12.9. The Hall–Kier alpha value is -1.18. The lowest BCUT2D eigenvalue weighted by Gasteiger charge is -2.27. The molecule has 0 bridgehead atoms. The molecule has 0 spiro atoms. The molecular formula is C14H24N2. The van der Waals surface area contributed by atoms with Gasteiger partial charge in [-0.15, -0.1) is 0 Å². The molecule has 1 aromatic rings. The van der Waals surface area contributed by atoms with Crippen molar-refractivity contribution < 1.29 is 0 Å². The largest absolute Gasteiger partial charge is 0.398 e. The third-order valence-corrected chi connectivity index (χ3v) is 2.82. The van der Waals surface area contributed by atoms with Gasteiger partial charge in [-0.3, -0.25) is 0 Å². The van der Waals surface area contributed by atoms with Crippen molar-refractivity contribution in [2.45, 2.75) is 52.4 Å². The number of anilines is 2. The van der Waals surface area contributed by atoms with Crippen molar-refractivity contribution in [3.05, 3.63) is 23.3 Å². The van der Waals surface area contributed by atoms with Gasteiger partial charge in [-0.25, -0.2) is 0 Å². The highest BCUT2D eigenvalue weighted by Crippen LogP contribution is 2.36. The topological polar surface area (TPSA) is 52.0 Å². The predicted octanol–water partition coefficient (Wildman–Crippen LogP) is 3.45. The Balaban J connectivity index is 3.41. The fraction of sp³-hybridized carbons (Fsp3) is 0.571. The fourth-order valence-electron chi connectivity index (χ4n) is 1.99. The van der Waals surface area contributed by atoms with Gasteiger partial charge < -0.3 is 11.5 Å². The minimum absolute atomic E-state index is 0.00934. The van der Waals surface area contributed by atoms with Crippen molar-refractivity contribution >= 4 is 11.4 Å². The first-order valence-electron chi connectivity index (χ1n) is 5.73. The summed E-state index contributed by atoms with van der Waals surface area (Å²) in [6.45, 7) is 12.9. The monoisotopic (exact) mass is 220 g/mol. The van der Waals surface area contributed by atoms with Crippen LogP contribution in [-0.2, 0) is 10.8 Å². The summed E-state index contributed by atoms with van der Waals surface area (Å²) in [5.74, 6) is 0. The summed E-state index contributed by atoms with van der Waals surface area (Å²) < 4.78 is 0. The second-order valence-electron chi connectivity index (χ2n) is 6.53. The average molecular weight is 220 g/mol. The van der Waals surface area contributed by atoms with Crippen LogP contribution in [0, 0.1) is 0 Å². The fourth-order valence-corrected chi connectivity index (χ4v) is 1.99. The molecule has 0 aliphatic heterocycles. The molecule has 0 unspecified atom stereocenters. The van der Waals surface area contributed by atoms with Gasteiger partial charge in [-0.05, 0) is 28.5 Å². The molecular weight excluding hydrogens is 196 g/mol. The molecule has 0 aromatic heterocycles. The molecule has 0 aliphatic rings. The Morgan fingerprint density at radius 2 is 1.12 bits per heavy atom. The van der Waals surface area contributed by atoms with E-state index >= 15 is 0 Å². The lowest BCUT2D eigenvalue weighted by atomic mass is 9.80. The maximum absolute atomic E-state index is 6.13. The van der Waals surface area contributed by atoms with E-state index in [1.165, 1.54) is 5.56 Å². The van der Waals surface area contributed by atoms with Crippen LogP contribution in [0.5, 0.6) is 0 Å². The summed E-state index contributed by atoms with van der Waals surface area (Å²) in [7, 11) is 0. The van der Waals surface area contributed by atoms with Crippen molar-refractivity contribution in [3.8, 4) is 0 Å². The summed E-state index contributed by atoms with van der Waals surface area (Å²) in [5, 5.41) is 0. The Bertz CT molecular complexity index is 369. The second kappa shape index (κ2) is 3.69. The maximum Gasteiger partial charge on any atom is 0.0375 e. The Morgan fingerprint density at radius 3 is 1.38 bits per heavy atom. The zero-order valence-corrected chi connectivity index (χ0v) is 11.3. The van der Waals surface area contributed by atoms with Crippen LogP contribution >= 0.6 is 0 Å². The van der Waals surface area contributed by atoms with Crippen molar-refractivity contribution in [1.29, 1.82) is 0 Å². The molecule has 2 heteroatoms. The van der Waals surface area contributed by atoms with E-state index in [0.29, 0.717) is 0 Å². The lowest BCUT2D eigenvalue weighted by molar-refractivity contribution is 0.581. The van der Waals surface area contributed by atoms with Crippen LogP contribution < -0.4 is 11.5 Å². The third kappa shape index (κ3) is 2.49. The molecule has 0 saturated carbocycles. The van der Waals surface area contributed by atoms with Gasteiger partial charge in [0, 0.05) is 16.9 Å². The van der Waals surface area contributed by atoms with Crippen LogP contribution in [0.25, 0.3) is 0 Å². The van der Waals surface area contributed by atoms with Crippen LogP contribution in [-0.4, -0.2) is 0 Å². The number of nitrogens with two attached hydrogens (primary N) is 2. The summed E-state index contributed by atoms with van der Waals surface area (Å²) in [4.78, 5) is 0. The van der Waals surface area contributed by atoms with Crippen molar-refractivity contribution in [3.63, 3.8) is 0 Å². The molecule has 90 valence electrons. The van der Waals surface area contributed by atoms with E-state index in [2.05, 4.69) is 53.7 Å². The smallest absolute Gasteiger partial charge is 0.0375 e. The third-order valence-electron chi connectivity index (χ3n) is 2.82. The van der Waals surface area contributed by atoms with Gasteiger partial charge in [0.2, 0.25) is 0 Å². The summed E-state index contributed by atoms with van der Waals surface area (Å²) in [5.41, 5.74) is 16.2. The molecule has 0 aliphatic carbocycles. The quantitative estimate of drug-likeness (QED) is 0.658. The summed E-state index contributed by atoms with van der Waals surface area (Å²) in [6, 6.07) is 4.11. The average Bonchev–Trinajstić information content (AvgIpc) is 1.97. The number of benzene rings is 1. The number of nitrogen functional groups attached to an aromatic ring is 2. The maximum atomic E-state index is 6.13. The van der Waals surface area contributed by atoms with Gasteiger partial charge in [-0.2, -0.15) is 0 Å². The summed E-state index contributed by atoms with van der Waals surface area (Å²) in [6.07, 6.45) is 0. The number of hydrogen-bond donors (Lipinski definition) is 2. The van der Waals surface area contributed by atoms with Crippen LogP contribution in [0.3, 0.4) is 0 Å². The van der Waals surface area contributed by atoms with E-state index in [4.69, 9.17) is 11.5 Å². The SMILES string of the molecule is CC(C)(C)c1cc(N)c(C(C)(C)C)c(N)c1. The molecule has 1 aromatic carbocycles. The van der Waals surface area contributed by atoms with Gasteiger partial charge in [0.05, 0.1) is 0 Å². The minimum Gasteiger partial charge on any atom is -0.398 e. The van der Waals surface area contributed by atoms with Crippen molar-refractivity contribution in [2.24, 2.45) is 0 Å². The molecule has 4 N–H and O–H groups in total. The standard InChI is InChI=1S/C14H24N2/c1-13(2,3)9-7-10(15)12(11(16)8-9)14(4,5)6/h7-8H,15-16H2,1-6H3. The molecule has 0 radical (unpaired) electrons. The lowest BCUT2D eigenvalue weighted by Crippen LogP contribution is -2.19. The zero-order chi connectivity index (χ0) is 12.7. The summed E-state index contributed by atoms with van der Waals surface area (Å²) >= 11 is 0. The number of hydrogen-bond acceptors (Lipinski definition) is 2. The highest BCUT2D eigenvalue weighted by molar-refractivity contribution is 5.66.